The number of hydrogen-bond donors (Lipinski definition) is 1. The summed E-state index contributed by atoms with van der Waals surface area (Å²) in [7, 11) is 0. The third-order valence-electron chi connectivity index (χ3n) is 1.91. The highest BCUT2D eigenvalue weighted by Crippen LogP contribution is 2.20. The molecule has 0 unspecified atom stereocenters. The molecule has 0 spiro atoms. The maximum absolute atomic E-state index is 8.52. The number of aromatic nitrogens is 1. The van der Waals surface area contributed by atoms with E-state index in [4.69, 9.17) is 5.26 Å². The maximum Gasteiger partial charge on any atom is 0.0752 e. The molecule has 0 atom stereocenters. The van der Waals surface area contributed by atoms with E-state index < -0.39 is 0 Å². The van der Waals surface area contributed by atoms with Crippen molar-refractivity contribution in [1.82, 2.24) is 4.98 Å². The summed E-state index contributed by atoms with van der Waals surface area (Å²) in [4.78, 5) is 3.18. The van der Waals surface area contributed by atoms with E-state index in [1.54, 1.807) is 0 Å². The van der Waals surface area contributed by atoms with Gasteiger partial charge in [0.2, 0.25) is 0 Å². The van der Waals surface area contributed by atoms with Gasteiger partial charge in [-0.05, 0) is 24.3 Å². The average molecular weight is 235 g/mol. The number of nitrogens with zero attached hydrogens (tertiary/aromatic N) is 1. The molecule has 3 heteroatoms. The van der Waals surface area contributed by atoms with Gasteiger partial charge in [0, 0.05) is 21.1 Å². The first-order chi connectivity index (χ1) is 6.29. The molecular weight excluding hydrogens is 228 g/mol. The summed E-state index contributed by atoms with van der Waals surface area (Å²) in [6.45, 7) is 0. The number of H-pyrrole nitrogens is 1. The van der Waals surface area contributed by atoms with E-state index in [1.165, 1.54) is 0 Å². The number of aromatic amines is 1. The van der Waals surface area contributed by atoms with Crippen LogP contribution in [0.4, 0.5) is 0 Å². The molecule has 0 bridgehead atoms. The molecule has 64 valence electrons. The van der Waals surface area contributed by atoms with Crippen molar-refractivity contribution in [2.75, 3.05) is 0 Å². The Morgan fingerprint density at radius 2 is 2.23 bits per heavy atom. The molecule has 1 heterocycles. The highest BCUT2D eigenvalue weighted by atomic mass is 79.9. The van der Waals surface area contributed by atoms with Gasteiger partial charge in [-0.2, -0.15) is 5.26 Å². The lowest BCUT2D eigenvalue weighted by Gasteiger charge is -1.89. The van der Waals surface area contributed by atoms with Gasteiger partial charge in [0.05, 0.1) is 12.5 Å². The Morgan fingerprint density at radius 3 is 3.00 bits per heavy atom. The number of halogens is 1. The fourth-order valence-corrected chi connectivity index (χ4v) is 1.72. The van der Waals surface area contributed by atoms with E-state index in [0.29, 0.717) is 6.42 Å². The maximum atomic E-state index is 8.52. The Labute approximate surface area is 84.3 Å². The summed E-state index contributed by atoms with van der Waals surface area (Å²) in [5, 5.41) is 9.66. The smallest absolute Gasteiger partial charge is 0.0752 e. The Bertz CT molecular complexity index is 479. The zero-order valence-electron chi connectivity index (χ0n) is 6.84. The van der Waals surface area contributed by atoms with Crippen molar-refractivity contribution in [2.24, 2.45) is 0 Å². The number of benzene rings is 1. The molecule has 2 aromatic rings. The van der Waals surface area contributed by atoms with Gasteiger partial charge in [-0.25, -0.2) is 0 Å². The van der Waals surface area contributed by atoms with E-state index in [9.17, 15) is 0 Å². The fraction of sp³-hybridized carbons (Fsp3) is 0.100. The summed E-state index contributed by atoms with van der Waals surface area (Å²) in [6.07, 6.45) is 0.437. The molecule has 0 aliphatic heterocycles. The van der Waals surface area contributed by atoms with Crippen LogP contribution in [-0.4, -0.2) is 4.98 Å². The zero-order chi connectivity index (χ0) is 9.26. The number of nitriles is 1. The van der Waals surface area contributed by atoms with Crippen LogP contribution in [0.15, 0.2) is 28.7 Å². The van der Waals surface area contributed by atoms with Crippen LogP contribution in [0, 0.1) is 11.3 Å². The predicted octanol–water partition coefficient (Wildman–Crippen LogP) is 3.00. The summed E-state index contributed by atoms with van der Waals surface area (Å²) >= 11 is 3.40. The number of fused-ring (bicyclic) bond motifs is 1. The van der Waals surface area contributed by atoms with Crippen LogP contribution in [0.2, 0.25) is 0 Å². The second kappa shape index (κ2) is 3.23. The molecule has 13 heavy (non-hydrogen) atoms. The quantitative estimate of drug-likeness (QED) is 0.810. The molecule has 1 aromatic heterocycles. The van der Waals surface area contributed by atoms with Crippen LogP contribution < -0.4 is 0 Å². The van der Waals surface area contributed by atoms with Gasteiger partial charge in [-0.15, -0.1) is 0 Å². The molecule has 0 aliphatic carbocycles. The lowest BCUT2D eigenvalue weighted by atomic mass is 10.2. The van der Waals surface area contributed by atoms with Gasteiger partial charge in [0.1, 0.15) is 0 Å². The van der Waals surface area contributed by atoms with E-state index in [-0.39, 0.29) is 0 Å². The summed E-state index contributed by atoms with van der Waals surface area (Å²) in [6, 6.07) is 10.1. The molecule has 1 aromatic carbocycles. The highest BCUT2D eigenvalue weighted by molar-refractivity contribution is 9.10. The normalized spacial score (nSPS) is 10.2. The third kappa shape index (κ3) is 1.58. The topological polar surface area (TPSA) is 39.6 Å². The van der Waals surface area contributed by atoms with Gasteiger partial charge >= 0.3 is 0 Å². The van der Waals surface area contributed by atoms with E-state index >= 15 is 0 Å². The van der Waals surface area contributed by atoms with Crippen LogP contribution in [0.1, 0.15) is 5.69 Å². The molecule has 0 saturated carbocycles. The second-order valence-electron chi connectivity index (χ2n) is 2.86. The largest absolute Gasteiger partial charge is 0.358 e. The van der Waals surface area contributed by atoms with Gasteiger partial charge in [-0.3, -0.25) is 0 Å². The molecule has 0 amide bonds. The van der Waals surface area contributed by atoms with Crippen molar-refractivity contribution in [3.8, 4) is 6.07 Å². The van der Waals surface area contributed by atoms with Crippen LogP contribution in [0.5, 0.6) is 0 Å². The Balaban J connectivity index is 2.57. The SMILES string of the molecule is N#CCc1cc2cc(Br)ccc2[nH]1. The molecule has 0 aliphatic rings. The number of hydrogen-bond acceptors (Lipinski definition) is 1. The molecule has 1 N–H and O–H groups in total. The van der Waals surface area contributed by atoms with Crippen LogP contribution in [0.25, 0.3) is 10.9 Å². The van der Waals surface area contributed by atoms with Gasteiger partial charge in [0.25, 0.3) is 0 Å². The molecule has 2 nitrogen and oxygen atoms in total. The van der Waals surface area contributed by atoms with Gasteiger partial charge in [-0.1, -0.05) is 15.9 Å². The van der Waals surface area contributed by atoms with Crippen LogP contribution in [-0.2, 0) is 6.42 Å². The minimum absolute atomic E-state index is 0.437. The van der Waals surface area contributed by atoms with E-state index in [1.807, 2.05) is 24.3 Å². The third-order valence-corrected chi connectivity index (χ3v) is 2.40. The van der Waals surface area contributed by atoms with Gasteiger partial charge in [0.15, 0.2) is 0 Å². The highest BCUT2D eigenvalue weighted by Gasteiger charge is 1.99. The lowest BCUT2D eigenvalue weighted by Crippen LogP contribution is -1.77. The molecule has 2 rings (SSSR count). The minimum Gasteiger partial charge on any atom is -0.358 e. The van der Waals surface area contributed by atoms with Crippen molar-refractivity contribution in [1.29, 1.82) is 5.26 Å². The first-order valence-corrected chi connectivity index (χ1v) is 4.73. The number of nitrogens with one attached hydrogen (secondary N) is 1. The average Bonchev–Trinajstić information content (AvgIpc) is 2.46. The van der Waals surface area contributed by atoms with Crippen molar-refractivity contribution in [2.45, 2.75) is 6.42 Å². The van der Waals surface area contributed by atoms with Crippen molar-refractivity contribution in [3.05, 3.63) is 34.4 Å². The van der Waals surface area contributed by atoms with Crippen molar-refractivity contribution >= 4 is 26.8 Å². The van der Waals surface area contributed by atoms with Crippen LogP contribution >= 0.6 is 15.9 Å². The minimum atomic E-state index is 0.437. The Morgan fingerprint density at radius 1 is 1.38 bits per heavy atom. The first-order valence-electron chi connectivity index (χ1n) is 3.94. The Kier molecular flexibility index (Phi) is 2.07. The number of rotatable bonds is 1. The molecule has 0 saturated heterocycles. The second-order valence-corrected chi connectivity index (χ2v) is 3.78. The van der Waals surface area contributed by atoms with E-state index in [2.05, 4.69) is 27.0 Å². The lowest BCUT2D eigenvalue weighted by molar-refractivity contribution is 1.17. The summed E-state index contributed by atoms with van der Waals surface area (Å²) in [5.41, 5.74) is 2.05. The van der Waals surface area contributed by atoms with Crippen molar-refractivity contribution in [3.63, 3.8) is 0 Å². The molecule has 0 fully saturated rings. The van der Waals surface area contributed by atoms with E-state index in [0.717, 1.165) is 21.1 Å². The predicted molar refractivity (Wildman–Crippen MR) is 55.3 cm³/mol. The molecule has 0 radical (unpaired) electrons. The Hall–Kier alpha value is -1.27. The monoisotopic (exact) mass is 234 g/mol. The first kappa shape index (κ1) is 8.33. The fourth-order valence-electron chi connectivity index (χ4n) is 1.34. The summed E-state index contributed by atoms with van der Waals surface area (Å²) < 4.78 is 1.06. The standard InChI is InChI=1S/C10H7BrN2/c11-8-1-2-10-7(5-8)6-9(13-10)3-4-12/h1-2,5-6,13H,3H2. The van der Waals surface area contributed by atoms with Crippen molar-refractivity contribution < 1.29 is 0 Å². The van der Waals surface area contributed by atoms with Gasteiger partial charge < -0.3 is 4.98 Å². The summed E-state index contributed by atoms with van der Waals surface area (Å²) in [5.74, 6) is 0. The zero-order valence-corrected chi connectivity index (χ0v) is 8.43. The van der Waals surface area contributed by atoms with Crippen LogP contribution in [0.3, 0.4) is 0 Å². The molecular formula is C10H7BrN2.